The molecule has 4 rings (SSSR count). The van der Waals surface area contributed by atoms with Crippen molar-refractivity contribution in [1.82, 2.24) is 15.2 Å². The number of rotatable bonds is 5. The van der Waals surface area contributed by atoms with Crippen molar-refractivity contribution < 1.29 is 4.79 Å². The Hall–Kier alpha value is -2.98. The van der Waals surface area contributed by atoms with E-state index in [2.05, 4.69) is 46.4 Å². The fourth-order valence-corrected chi connectivity index (χ4v) is 3.80. The average Bonchev–Trinajstić information content (AvgIpc) is 2.74. The van der Waals surface area contributed by atoms with Crippen LogP contribution in [0, 0.1) is 0 Å². The normalized spacial score (nSPS) is 14.9. The van der Waals surface area contributed by atoms with Crippen molar-refractivity contribution >= 4 is 5.91 Å². The molecular weight excluding hydrogens is 346 g/mol. The predicted molar refractivity (Wildman–Crippen MR) is 112 cm³/mol. The molecule has 1 aliphatic rings. The van der Waals surface area contributed by atoms with Crippen LogP contribution >= 0.6 is 0 Å². The number of pyridine rings is 1. The van der Waals surface area contributed by atoms with Crippen molar-refractivity contribution in [2.45, 2.75) is 25.9 Å². The Balaban J connectivity index is 1.37. The van der Waals surface area contributed by atoms with Gasteiger partial charge in [-0.15, -0.1) is 0 Å². The van der Waals surface area contributed by atoms with Gasteiger partial charge in [0.1, 0.15) is 0 Å². The van der Waals surface area contributed by atoms with Crippen LogP contribution in [0.3, 0.4) is 0 Å². The molecule has 2 heterocycles. The van der Waals surface area contributed by atoms with Gasteiger partial charge in [-0.3, -0.25) is 14.7 Å². The lowest BCUT2D eigenvalue weighted by Gasteiger charge is -2.31. The minimum Gasteiger partial charge on any atom is -0.348 e. The summed E-state index contributed by atoms with van der Waals surface area (Å²) in [6.45, 7) is 4.90. The number of benzene rings is 2. The molecule has 142 valence electrons. The number of nitrogens with one attached hydrogen (secondary N) is 1. The Morgan fingerprint density at radius 3 is 2.71 bits per heavy atom. The predicted octanol–water partition coefficient (Wildman–Crippen LogP) is 3.93. The van der Waals surface area contributed by atoms with E-state index >= 15 is 0 Å². The maximum atomic E-state index is 12.7. The van der Waals surface area contributed by atoms with Crippen LogP contribution in [-0.4, -0.2) is 34.9 Å². The van der Waals surface area contributed by atoms with Gasteiger partial charge in [-0.25, -0.2) is 0 Å². The zero-order valence-electron chi connectivity index (χ0n) is 16.1. The molecule has 1 unspecified atom stereocenters. The molecule has 1 aliphatic heterocycles. The highest BCUT2D eigenvalue weighted by Gasteiger charge is 2.19. The highest BCUT2D eigenvalue weighted by molar-refractivity contribution is 5.95. The van der Waals surface area contributed by atoms with Gasteiger partial charge in [0.2, 0.25) is 0 Å². The van der Waals surface area contributed by atoms with E-state index in [-0.39, 0.29) is 11.9 Å². The molecule has 1 N–H and O–H groups in total. The minimum absolute atomic E-state index is 0.0392. The number of hydrogen-bond donors (Lipinski definition) is 1. The van der Waals surface area contributed by atoms with E-state index in [1.54, 1.807) is 6.20 Å². The molecule has 1 aromatic heterocycles. The molecule has 0 saturated carbocycles. The number of amides is 1. The van der Waals surface area contributed by atoms with Crippen molar-refractivity contribution in [3.63, 3.8) is 0 Å². The Bertz CT molecular complexity index is 955. The van der Waals surface area contributed by atoms with Gasteiger partial charge in [0.05, 0.1) is 5.69 Å². The van der Waals surface area contributed by atoms with Gasteiger partial charge in [-0.05, 0) is 48.7 Å². The number of carbonyl (C=O) groups excluding carboxylic acids is 1. The molecule has 2 aromatic carbocycles. The van der Waals surface area contributed by atoms with Gasteiger partial charge in [-0.2, -0.15) is 0 Å². The summed E-state index contributed by atoms with van der Waals surface area (Å²) < 4.78 is 0. The van der Waals surface area contributed by atoms with Gasteiger partial charge in [0.15, 0.2) is 0 Å². The highest BCUT2D eigenvalue weighted by Crippen LogP contribution is 2.19. The quantitative estimate of drug-likeness (QED) is 0.739. The molecule has 0 spiro atoms. The highest BCUT2D eigenvalue weighted by atomic mass is 16.1. The van der Waals surface area contributed by atoms with Crippen LogP contribution in [0.25, 0.3) is 11.3 Å². The Morgan fingerprint density at radius 1 is 1.07 bits per heavy atom. The SMILES string of the molecule is CC(CN1CCc2ccccc2C1)NC(=O)c1cccc(-c2ccccn2)c1. The first-order valence-electron chi connectivity index (χ1n) is 9.80. The van der Waals surface area contributed by atoms with E-state index in [0.29, 0.717) is 5.56 Å². The summed E-state index contributed by atoms with van der Waals surface area (Å²) in [6, 6.07) is 22.1. The maximum Gasteiger partial charge on any atom is 0.251 e. The van der Waals surface area contributed by atoms with Crippen LogP contribution in [0.15, 0.2) is 72.9 Å². The largest absolute Gasteiger partial charge is 0.348 e. The van der Waals surface area contributed by atoms with Crippen LogP contribution in [0.2, 0.25) is 0 Å². The van der Waals surface area contributed by atoms with Gasteiger partial charge >= 0.3 is 0 Å². The molecule has 1 atom stereocenters. The monoisotopic (exact) mass is 371 g/mol. The first-order chi connectivity index (χ1) is 13.7. The van der Waals surface area contributed by atoms with Crippen LogP contribution < -0.4 is 5.32 Å². The van der Waals surface area contributed by atoms with E-state index in [0.717, 1.165) is 37.3 Å². The van der Waals surface area contributed by atoms with E-state index in [1.807, 2.05) is 42.5 Å². The summed E-state index contributed by atoms with van der Waals surface area (Å²) in [5, 5.41) is 3.15. The molecule has 3 aromatic rings. The Labute approximate surface area is 166 Å². The summed E-state index contributed by atoms with van der Waals surface area (Å²) >= 11 is 0. The topological polar surface area (TPSA) is 45.2 Å². The molecule has 0 saturated heterocycles. The smallest absolute Gasteiger partial charge is 0.251 e. The number of aromatic nitrogens is 1. The summed E-state index contributed by atoms with van der Waals surface area (Å²) in [5.74, 6) is -0.0392. The fourth-order valence-electron chi connectivity index (χ4n) is 3.80. The number of fused-ring (bicyclic) bond motifs is 1. The average molecular weight is 371 g/mol. The third-order valence-corrected chi connectivity index (χ3v) is 5.20. The Kier molecular flexibility index (Phi) is 5.49. The first-order valence-corrected chi connectivity index (χ1v) is 9.80. The standard InChI is InChI=1S/C24H25N3O/c1-18(16-27-14-12-19-7-2-3-8-22(19)17-27)26-24(28)21-10-6-9-20(15-21)23-11-4-5-13-25-23/h2-11,13,15,18H,12,14,16-17H2,1H3,(H,26,28). The molecule has 0 radical (unpaired) electrons. The van der Waals surface area contributed by atoms with Gasteiger partial charge in [0, 0.05) is 43.0 Å². The van der Waals surface area contributed by atoms with Crippen LogP contribution in [0.5, 0.6) is 0 Å². The molecule has 4 nitrogen and oxygen atoms in total. The van der Waals surface area contributed by atoms with Crippen molar-refractivity contribution in [3.05, 3.63) is 89.6 Å². The third-order valence-electron chi connectivity index (χ3n) is 5.20. The van der Waals surface area contributed by atoms with Crippen LogP contribution in [0.4, 0.5) is 0 Å². The van der Waals surface area contributed by atoms with Crippen LogP contribution in [-0.2, 0) is 13.0 Å². The number of nitrogens with zero attached hydrogens (tertiary/aromatic N) is 2. The molecule has 4 heteroatoms. The van der Waals surface area contributed by atoms with Gasteiger partial charge < -0.3 is 5.32 Å². The van der Waals surface area contributed by atoms with Crippen molar-refractivity contribution in [3.8, 4) is 11.3 Å². The number of carbonyl (C=O) groups is 1. The fraction of sp³-hybridized carbons (Fsp3) is 0.250. The second-order valence-electron chi connectivity index (χ2n) is 7.42. The molecule has 28 heavy (non-hydrogen) atoms. The number of hydrogen-bond acceptors (Lipinski definition) is 3. The van der Waals surface area contributed by atoms with E-state index in [1.165, 1.54) is 11.1 Å². The Morgan fingerprint density at radius 2 is 1.89 bits per heavy atom. The van der Waals surface area contributed by atoms with E-state index in [4.69, 9.17) is 0 Å². The third kappa shape index (κ3) is 4.29. The summed E-state index contributed by atoms with van der Waals surface area (Å²) in [6.07, 6.45) is 2.84. The molecule has 0 fully saturated rings. The second-order valence-corrected chi connectivity index (χ2v) is 7.42. The van der Waals surface area contributed by atoms with Crippen molar-refractivity contribution in [2.24, 2.45) is 0 Å². The van der Waals surface area contributed by atoms with Crippen LogP contribution in [0.1, 0.15) is 28.4 Å². The molecule has 0 aliphatic carbocycles. The maximum absolute atomic E-state index is 12.7. The molecule has 0 bridgehead atoms. The lowest BCUT2D eigenvalue weighted by Crippen LogP contribution is -2.43. The summed E-state index contributed by atoms with van der Waals surface area (Å²) in [7, 11) is 0. The van der Waals surface area contributed by atoms with E-state index in [9.17, 15) is 4.79 Å². The van der Waals surface area contributed by atoms with Crippen molar-refractivity contribution in [1.29, 1.82) is 0 Å². The summed E-state index contributed by atoms with van der Waals surface area (Å²) in [5.41, 5.74) is 5.34. The van der Waals surface area contributed by atoms with E-state index < -0.39 is 0 Å². The van der Waals surface area contributed by atoms with Gasteiger partial charge in [-0.1, -0.05) is 42.5 Å². The van der Waals surface area contributed by atoms with Crippen molar-refractivity contribution in [2.75, 3.05) is 13.1 Å². The minimum atomic E-state index is -0.0392. The van der Waals surface area contributed by atoms with Gasteiger partial charge in [0.25, 0.3) is 5.91 Å². The lowest BCUT2D eigenvalue weighted by atomic mass is 9.99. The second kappa shape index (κ2) is 8.36. The molecular formula is C24H25N3O. The zero-order chi connectivity index (χ0) is 19.3. The lowest BCUT2D eigenvalue weighted by molar-refractivity contribution is 0.0927. The molecule has 1 amide bonds. The summed E-state index contributed by atoms with van der Waals surface area (Å²) in [4.78, 5) is 19.5. The first kappa shape index (κ1) is 18.4. The zero-order valence-corrected chi connectivity index (χ0v) is 16.1.